The van der Waals surface area contributed by atoms with Crippen molar-refractivity contribution in [3.8, 4) is 0 Å². The Morgan fingerprint density at radius 1 is 1.00 bits per heavy atom. The molecule has 1 nitrogen and oxygen atoms in total. The van der Waals surface area contributed by atoms with Crippen molar-refractivity contribution in [2.75, 3.05) is 0 Å². The standard InChI is InChI=1S/C17H18F3N/c1-11-6-12(2)8-13(7-11)9-16(21)14-4-3-5-15(10-14)17(18,19)20/h3-8,10,16H,9,21H2,1-2H3. The van der Waals surface area contributed by atoms with Gasteiger partial charge in [-0.25, -0.2) is 0 Å². The smallest absolute Gasteiger partial charge is 0.324 e. The van der Waals surface area contributed by atoms with Gasteiger partial charge in [0.2, 0.25) is 0 Å². The lowest BCUT2D eigenvalue weighted by Crippen LogP contribution is -2.15. The van der Waals surface area contributed by atoms with Crippen molar-refractivity contribution in [1.82, 2.24) is 0 Å². The van der Waals surface area contributed by atoms with E-state index in [1.165, 1.54) is 6.07 Å². The first-order valence-electron chi connectivity index (χ1n) is 6.75. The number of benzene rings is 2. The fourth-order valence-corrected chi connectivity index (χ4v) is 2.50. The fraction of sp³-hybridized carbons (Fsp3) is 0.294. The van der Waals surface area contributed by atoms with E-state index >= 15 is 0 Å². The minimum Gasteiger partial charge on any atom is -0.324 e. The summed E-state index contributed by atoms with van der Waals surface area (Å²) in [5, 5.41) is 0. The van der Waals surface area contributed by atoms with Gasteiger partial charge in [-0.2, -0.15) is 13.2 Å². The van der Waals surface area contributed by atoms with Crippen LogP contribution in [0, 0.1) is 13.8 Å². The van der Waals surface area contributed by atoms with Crippen LogP contribution in [0.2, 0.25) is 0 Å². The molecule has 0 aliphatic rings. The minimum atomic E-state index is -4.34. The highest BCUT2D eigenvalue weighted by Crippen LogP contribution is 2.31. The quantitative estimate of drug-likeness (QED) is 0.881. The van der Waals surface area contributed by atoms with Gasteiger partial charge >= 0.3 is 6.18 Å². The van der Waals surface area contributed by atoms with Crippen molar-refractivity contribution in [2.24, 2.45) is 5.73 Å². The number of aryl methyl sites for hydroxylation is 2. The Labute approximate surface area is 122 Å². The highest BCUT2D eigenvalue weighted by Gasteiger charge is 2.30. The monoisotopic (exact) mass is 293 g/mol. The molecule has 0 aliphatic carbocycles. The van der Waals surface area contributed by atoms with Crippen LogP contribution in [0.15, 0.2) is 42.5 Å². The summed E-state index contributed by atoms with van der Waals surface area (Å²) in [5.41, 5.74) is 9.21. The molecule has 1 unspecified atom stereocenters. The van der Waals surface area contributed by atoms with Crippen LogP contribution in [-0.2, 0) is 12.6 Å². The molecule has 1 atom stereocenters. The molecular weight excluding hydrogens is 275 g/mol. The average molecular weight is 293 g/mol. The molecule has 21 heavy (non-hydrogen) atoms. The predicted octanol–water partition coefficient (Wildman–Crippen LogP) is 4.56. The zero-order valence-electron chi connectivity index (χ0n) is 12.0. The van der Waals surface area contributed by atoms with Gasteiger partial charge in [-0.3, -0.25) is 0 Å². The number of alkyl halides is 3. The van der Waals surface area contributed by atoms with Crippen LogP contribution in [-0.4, -0.2) is 0 Å². The van der Waals surface area contributed by atoms with Crippen LogP contribution >= 0.6 is 0 Å². The summed E-state index contributed by atoms with van der Waals surface area (Å²) in [4.78, 5) is 0. The normalized spacial score (nSPS) is 13.2. The largest absolute Gasteiger partial charge is 0.416 e. The predicted molar refractivity (Wildman–Crippen MR) is 78.0 cm³/mol. The molecule has 2 aromatic carbocycles. The third kappa shape index (κ3) is 4.08. The van der Waals surface area contributed by atoms with Crippen molar-refractivity contribution in [1.29, 1.82) is 0 Å². The second-order valence-corrected chi connectivity index (χ2v) is 5.43. The zero-order valence-corrected chi connectivity index (χ0v) is 12.0. The Bertz CT molecular complexity index is 612. The highest BCUT2D eigenvalue weighted by molar-refractivity contribution is 5.32. The van der Waals surface area contributed by atoms with Gasteiger partial charge in [0.05, 0.1) is 5.56 Å². The van der Waals surface area contributed by atoms with Crippen LogP contribution in [0.3, 0.4) is 0 Å². The van der Waals surface area contributed by atoms with Gasteiger partial charge in [0.25, 0.3) is 0 Å². The van der Waals surface area contributed by atoms with E-state index in [1.54, 1.807) is 6.07 Å². The van der Waals surface area contributed by atoms with Gasteiger partial charge < -0.3 is 5.73 Å². The maximum Gasteiger partial charge on any atom is 0.416 e. The van der Waals surface area contributed by atoms with Gasteiger partial charge in [-0.1, -0.05) is 41.5 Å². The van der Waals surface area contributed by atoms with Crippen LogP contribution < -0.4 is 5.73 Å². The van der Waals surface area contributed by atoms with Gasteiger partial charge in [0.15, 0.2) is 0 Å². The third-order valence-electron chi connectivity index (χ3n) is 3.38. The Hall–Kier alpha value is -1.81. The second-order valence-electron chi connectivity index (χ2n) is 5.43. The van der Waals surface area contributed by atoms with Gasteiger partial charge in [0.1, 0.15) is 0 Å². The molecule has 0 aromatic heterocycles. The Balaban J connectivity index is 2.22. The maximum absolute atomic E-state index is 12.7. The highest BCUT2D eigenvalue weighted by atomic mass is 19.4. The molecule has 2 N–H and O–H groups in total. The molecule has 0 fully saturated rings. The van der Waals surface area contributed by atoms with Crippen molar-refractivity contribution < 1.29 is 13.2 Å². The summed E-state index contributed by atoms with van der Waals surface area (Å²) in [6.07, 6.45) is -3.82. The van der Waals surface area contributed by atoms with Crippen molar-refractivity contribution in [3.63, 3.8) is 0 Å². The van der Waals surface area contributed by atoms with E-state index in [0.29, 0.717) is 12.0 Å². The van der Waals surface area contributed by atoms with E-state index < -0.39 is 17.8 Å². The van der Waals surface area contributed by atoms with Crippen LogP contribution in [0.5, 0.6) is 0 Å². The summed E-state index contributed by atoms with van der Waals surface area (Å²) in [6.45, 7) is 3.98. The molecule has 112 valence electrons. The number of hydrogen-bond acceptors (Lipinski definition) is 1. The Morgan fingerprint density at radius 2 is 1.62 bits per heavy atom. The lowest BCUT2D eigenvalue weighted by molar-refractivity contribution is -0.137. The molecule has 0 saturated heterocycles. The minimum absolute atomic E-state index is 0.450. The number of halogens is 3. The second kappa shape index (κ2) is 5.90. The molecule has 2 rings (SSSR count). The summed E-state index contributed by atoms with van der Waals surface area (Å²) in [5.74, 6) is 0. The Morgan fingerprint density at radius 3 is 2.19 bits per heavy atom. The number of rotatable bonds is 3. The molecule has 4 heteroatoms. The molecule has 0 saturated carbocycles. The first-order chi connectivity index (χ1) is 9.75. The first-order valence-corrected chi connectivity index (χ1v) is 6.75. The van der Waals surface area contributed by atoms with Crippen LogP contribution in [0.25, 0.3) is 0 Å². The third-order valence-corrected chi connectivity index (χ3v) is 3.38. The molecule has 0 amide bonds. The summed E-state index contributed by atoms with van der Waals surface area (Å²) in [6, 6.07) is 10.9. The van der Waals surface area contributed by atoms with Crippen molar-refractivity contribution in [2.45, 2.75) is 32.5 Å². The van der Waals surface area contributed by atoms with E-state index in [0.717, 1.165) is 28.8 Å². The first kappa shape index (κ1) is 15.6. The Kier molecular flexibility index (Phi) is 4.37. The molecule has 0 radical (unpaired) electrons. The number of hydrogen-bond donors (Lipinski definition) is 1. The molecule has 0 spiro atoms. The molecular formula is C17H18F3N. The van der Waals surface area contributed by atoms with Crippen LogP contribution in [0.4, 0.5) is 13.2 Å². The van der Waals surface area contributed by atoms with E-state index in [9.17, 15) is 13.2 Å². The van der Waals surface area contributed by atoms with Crippen molar-refractivity contribution in [3.05, 3.63) is 70.3 Å². The SMILES string of the molecule is Cc1cc(C)cc(CC(N)c2cccc(C(F)(F)F)c2)c1. The lowest BCUT2D eigenvalue weighted by atomic mass is 9.96. The van der Waals surface area contributed by atoms with E-state index in [1.807, 2.05) is 26.0 Å². The summed E-state index contributed by atoms with van der Waals surface area (Å²) in [7, 11) is 0. The lowest BCUT2D eigenvalue weighted by Gasteiger charge is -2.15. The fourth-order valence-electron chi connectivity index (χ4n) is 2.50. The van der Waals surface area contributed by atoms with E-state index in [4.69, 9.17) is 5.73 Å². The van der Waals surface area contributed by atoms with Gasteiger partial charge in [-0.05, 0) is 43.5 Å². The maximum atomic E-state index is 12.7. The summed E-state index contributed by atoms with van der Waals surface area (Å²) < 4.78 is 38.2. The number of nitrogens with two attached hydrogens (primary N) is 1. The van der Waals surface area contributed by atoms with E-state index in [2.05, 4.69) is 6.07 Å². The zero-order chi connectivity index (χ0) is 15.6. The van der Waals surface area contributed by atoms with Crippen molar-refractivity contribution >= 4 is 0 Å². The average Bonchev–Trinajstić information content (AvgIpc) is 2.36. The molecule has 0 bridgehead atoms. The summed E-state index contributed by atoms with van der Waals surface area (Å²) >= 11 is 0. The molecule has 0 aliphatic heterocycles. The molecule has 0 heterocycles. The molecule has 2 aromatic rings. The van der Waals surface area contributed by atoms with Gasteiger partial charge in [0, 0.05) is 6.04 Å². The van der Waals surface area contributed by atoms with Gasteiger partial charge in [-0.15, -0.1) is 0 Å². The topological polar surface area (TPSA) is 26.0 Å². The van der Waals surface area contributed by atoms with Crippen LogP contribution in [0.1, 0.15) is 33.9 Å². The van der Waals surface area contributed by atoms with E-state index in [-0.39, 0.29) is 0 Å².